The van der Waals surface area contributed by atoms with Gasteiger partial charge in [0.05, 0.1) is 60.9 Å². The molecule has 5 heterocycles. The van der Waals surface area contributed by atoms with Crippen LogP contribution >= 0.6 is 0 Å². The van der Waals surface area contributed by atoms with E-state index in [1.165, 1.54) is 14.2 Å². The number of nitrogens with one attached hydrogen (secondary N) is 4. The topological polar surface area (TPSA) is 205 Å². The largest absolute Gasteiger partial charge is 0.453 e. The Morgan fingerprint density at radius 1 is 0.742 bits per heavy atom. The van der Waals surface area contributed by atoms with E-state index < -0.39 is 35.5 Å². The second-order valence-corrected chi connectivity index (χ2v) is 16.6. The lowest BCUT2D eigenvalue weighted by Crippen LogP contribution is -2.51. The average molecular weight is 849 g/mol. The van der Waals surface area contributed by atoms with Crippen LogP contribution in [0.4, 0.5) is 14.0 Å². The smallest absolute Gasteiger partial charge is 0.407 e. The molecule has 3 aromatic carbocycles. The van der Waals surface area contributed by atoms with E-state index in [9.17, 15) is 24.0 Å². The Kier molecular flexibility index (Phi) is 11.5. The molecule has 0 aliphatic carbocycles. The van der Waals surface area contributed by atoms with Crippen LogP contribution in [0.2, 0.25) is 0 Å². The number of fused-ring (bicyclic) bond motifs is 3. The summed E-state index contributed by atoms with van der Waals surface area (Å²) in [6.45, 7) is 8.44. The van der Waals surface area contributed by atoms with Crippen LogP contribution in [0.15, 0.2) is 64.1 Å². The number of benzene rings is 3. The molecule has 4 atom stereocenters. The van der Waals surface area contributed by atoms with Gasteiger partial charge in [-0.25, -0.2) is 23.9 Å². The third-order valence-electron chi connectivity index (χ3n) is 12.0. The summed E-state index contributed by atoms with van der Waals surface area (Å²) in [5.74, 6) is -0.287. The van der Waals surface area contributed by atoms with Crippen molar-refractivity contribution in [1.82, 2.24) is 40.4 Å². The molecule has 62 heavy (non-hydrogen) atoms. The first-order valence-electron chi connectivity index (χ1n) is 20.8. The van der Waals surface area contributed by atoms with Gasteiger partial charge in [-0.3, -0.25) is 14.4 Å². The first-order chi connectivity index (χ1) is 29.8. The van der Waals surface area contributed by atoms with Crippen LogP contribution < -0.4 is 16.1 Å². The lowest BCUT2D eigenvalue weighted by Gasteiger charge is -2.30. The van der Waals surface area contributed by atoms with Crippen molar-refractivity contribution in [3.8, 4) is 22.5 Å². The second-order valence-electron chi connectivity index (χ2n) is 16.6. The first-order valence-corrected chi connectivity index (χ1v) is 20.8. The number of carbonyl (C=O) groups is 4. The Morgan fingerprint density at radius 2 is 1.26 bits per heavy atom. The fourth-order valence-electron chi connectivity index (χ4n) is 8.69. The maximum Gasteiger partial charge on any atom is 0.407 e. The Balaban J connectivity index is 1.07. The number of ether oxygens (including phenoxy) is 2. The van der Waals surface area contributed by atoms with Crippen LogP contribution in [0, 0.1) is 17.7 Å². The third kappa shape index (κ3) is 7.71. The number of methoxy groups -OCH3 is 2. The summed E-state index contributed by atoms with van der Waals surface area (Å²) in [6.07, 6.45) is 4.84. The number of likely N-dealkylation sites (tertiary alicyclic amines) is 2. The third-order valence-corrected chi connectivity index (χ3v) is 12.0. The molecule has 0 radical (unpaired) electrons. The summed E-state index contributed by atoms with van der Waals surface area (Å²) in [5, 5.41) is 6.40. The van der Waals surface area contributed by atoms with E-state index in [2.05, 4.69) is 30.6 Å². The van der Waals surface area contributed by atoms with Gasteiger partial charge >= 0.3 is 12.2 Å². The van der Waals surface area contributed by atoms with Crippen molar-refractivity contribution >= 4 is 56.7 Å². The lowest BCUT2D eigenvalue weighted by molar-refractivity contribution is -0.136. The quantitative estimate of drug-likeness (QED) is 0.103. The van der Waals surface area contributed by atoms with Crippen LogP contribution in [0.25, 0.3) is 55.2 Å². The molecule has 0 bridgehead atoms. The second kappa shape index (κ2) is 16.9. The van der Waals surface area contributed by atoms with Crippen molar-refractivity contribution in [2.45, 2.75) is 77.5 Å². The molecule has 2 aliphatic heterocycles. The van der Waals surface area contributed by atoms with Gasteiger partial charge in [-0.15, -0.1) is 0 Å². The number of H-pyrrole nitrogens is 2. The number of carbonyl (C=O) groups excluding carboxylic acids is 4. The molecule has 0 saturated carbocycles. The summed E-state index contributed by atoms with van der Waals surface area (Å²) in [6, 6.07) is 9.65. The van der Waals surface area contributed by atoms with E-state index in [1.54, 1.807) is 64.7 Å². The van der Waals surface area contributed by atoms with Crippen LogP contribution in [0.1, 0.15) is 77.1 Å². The zero-order valence-corrected chi connectivity index (χ0v) is 35.3. The zero-order chi connectivity index (χ0) is 44.0. The Morgan fingerprint density at radius 3 is 1.77 bits per heavy atom. The molecule has 2 saturated heterocycles. The number of amides is 4. The fourth-order valence-corrected chi connectivity index (χ4v) is 8.69. The average Bonchev–Trinajstić information content (AvgIpc) is 4.11. The standard InChI is InChI=1S/C45H49FN8O8/c1-22(2)36(51-44(58)60-5)42(56)53-15-7-9-32(53)40-47-20-30(49-40)24-11-13-27-26(17-24)19-29-38(55)28-18-25(12-14-34(28)62-39(29)35(27)46)31-21-48-41(50-31)33-10-8-16-54(33)43(57)37(23(3)4)52-45(59)61-6/h11-14,17-23,32-33,36-37H,7-10,15-16H2,1-6H3,(H,47,49)(H,48,50)(H,51,58)(H,52,59)/t32-,33-,36-,37-/m0/s1. The number of nitrogens with zero attached hydrogens (tertiary/aromatic N) is 4. The summed E-state index contributed by atoms with van der Waals surface area (Å²) in [5.41, 5.74) is 2.26. The number of halogens is 1. The SMILES string of the molecule is COC(=O)N[C@H](C(=O)N1CCC[C@H]1c1ncc(-c2ccc3c(F)c4oc5ccc(-c6cnc([C@@H]7CCCN7C(=O)[C@@H](NC(=O)OC)C(C)C)[nH]6)cc5c(=O)c4cc3c2)[nH]1)C(C)C. The molecule has 16 nitrogen and oxygen atoms in total. The molecule has 8 rings (SSSR count). The van der Waals surface area contributed by atoms with Gasteiger partial charge < -0.3 is 44.3 Å². The highest BCUT2D eigenvalue weighted by molar-refractivity contribution is 6.01. The highest BCUT2D eigenvalue weighted by Gasteiger charge is 2.39. The van der Waals surface area contributed by atoms with Crippen molar-refractivity contribution < 1.29 is 37.5 Å². The molecule has 4 amide bonds. The number of rotatable bonds is 10. The molecule has 0 spiro atoms. The van der Waals surface area contributed by atoms with Gasteiger partial charge in [0, 0.05) is 29.6 Å². The number of alkyl carbamates (subject to hydrolysis) is 2. The van der Waals surface area contributed by atoms with E-state index in [4.69, 9.17) is 13.9 Å². The van der Waals surface area contributed by atoms with Crippen molar-refractivity contribution in [3.05, 3.63) is 82.5 Å². The summed E-state index contributed by atoms with van der Waals surface area (Å²) in [4.78, 5) is 84.9. The maximum absolute atomic E-state index is 16.2. The van der Waals surface area contributed by atoms with Crippen LogP contribution in [-0.2, 0) is 19.1 Å². The fraction of sp³-hybridized carbons (Fsp3) is 0.400. The highest BCUT2D eigenvalue weighted by atomic mass is 19.1. The van der Waals surface area contributed by atoms with Crippen LogP contribution in [-0.4, -0.2) is 93.1 Å². The van der Waals surface area contributed by atoms with Gasteiger partial charge in [0.25, 0.3) is 0 Å². The highest BCUT2D eigenvalue weighted by Crippen LogP contribution is 2.36. The molecule has 0 unspecified atom stereocenters. The number of hydrogen-bond donors (Lipinski definition) is 4. The molecule has 324 valence electrons. The minimum atomic E-state index is -0.770. The molecule has 4 N–H and O–H groups in total. The van der Waals surface area contributed by atoms with Gasteiger partial charge in [-0.1, -0.05) is 39.8 Å². The minimum absolute atomic E-state index is 0.0770. The maximum atomic E-state index is 16.2. The van der Waals surface area contributed by atoms with Crippen LogP contribution in [0.3, 0.4) is 0 Å². The summed E-state index contributed by atoms with van der Waals surface area (Å²) >= 11 is 0. The van der Waals surface area contributed by atoms with Crippen molar-refractivity contribution in [2.75, 3.05) is 27.3 Å². The lowest BCUT2D eigenvalue weighted by atomic mass is 10.0. The van der Waals surface area contributed by atoms with Crippen LogP contribution in [0.5, 0.6) is 0 Å². The van der Waals surface area contributed by atoms with Crippen molar-refractivity contribution in [1.29, 1.82) is 0 Å². The zero-order valence-electron chi connectivity index (χ0n) is 35.3. The van der Waals surface area contributed by atoms with Crippen molar-refractivity contribution in [2.24, 2.45) is 11.8 Å². The molecule has 17 heteroatoms. The van der Waals surface area contributed by atoms with Gasteiger partial charge in [-0.05, 0) is 73.2 Å². The van der Waals surface area contributed by atoms with Gasteiger partial charge in [0.1, 0.15) is 29.3 Å². The molecule has 2 fully saturated rings. The number of aromatic amines is 2. The number of hydrogen-bond acceptors (Lipinski definition) is 10. The Hall–Kier alpha value is -6.78. The Bertz CT molecular complexity index is 2780. The number of aromatic nitrogens is 4. The summed E-state index contributed by atoms with van der Waals surface area (Å²) in [7, 11) is 2.51. The molecule has 2 aliphatic rings. The molecular formula is C45H49FN8O8. The molecular weight excluding hydrogens is 800 g/mol. The van der Waals surface area contributed by atoms with Crippen molar-refractivity contribution in [3.63, 3.8) is 0 Å². The predicted molar refractivity (Wildman–Crippen MR) is 228 cm³/mol. The van der Waals surface area contributed by atoms with Gasteiger partial charge in [-0.2, -0.15) is 0 Å². The summed E-state index contributed by atoms with van der Waals surface area (Å²) < 4.78 is 31.8. The van der Waals surface area contributed by atoms with Gasteiger partial charge in [0.15, 0.2) is 11.4 Å². The van der Waals surface area contributed by atoms with E-state index in [-0.39, 0.29) is 63.1 Å². The first kappa shape index (κ1) is 41.9. The predicted octanol–water partition coefficient (Wildman–Crippen LogP) is 7.11. The van der Waals surface area contributed by atoms with E-state index >= 15 is 4.39 Å². The van der Waals surface area contributed by atoms with Gasteiger partial charge in [0.2, 0.25) is 17.2 Å². The monoisotopic (exact) mass is 848 g/mol. The number of imidazole rings is 2. The minimum Gasteiger partial charge on any atom is -0.453 e. The molecule has 6 aromatic rings. The van der Waals surface area contributed by atoms with E-state index in [1.807, 2.05) is 27.7 Å². The van der Waals surface area contributed by atoms with E-state index in [0.717, 1.165) is 12.8 Å². The van der Waals surface area contributed by atoms with E-state index in [0.29, 0.717) is 65.5 Å². The normalized spacial score (nSPS) is 17.6. The Labute approximate surface area is 355 Å². The molecule has 3 aromatic heterocycles.